The van der Waals surface area contributed by atoms with Crippen LogP contribution >= 0.6 is 0 Å². The minimum atomic E-state index is 0.536. The molecule has 1 unspecified atom stereocenters. The predicted octanol–water partition coefficient (Wildman–Crippen LogP) is 4.55. The Morgan fingerprint density at radius 2 is 1.39 bits per heavy atom. The van der Waals surface area contributed by atoms with Gasteiger partial charge in [0.15, 0.2) is 0 Å². The molecule has 0 aromatic heterocycles. The van der Waals surface area contributed by atoms with Gasteiger partial charge in [0, 0.05) is 0 Å². The van der Waals surface area contributed by atoms with E-state index in [0.717, 1.165) is 17.8 Å². The summed E-state index contributed by atoms with van der Waals surface area (Å²) >= 11 is 0. The topological polar surface area (TPSA) is 9.23 Å². The van der Waals surface area contributed by atoms with Gasteiger partial charge in [-0.15, -0.1) is 0 Å². The van der Waals surface area contributed by atoms with Crippen molar-refractivity contribution in [1.82, 2.24) is 0 Å². The summed E-state index contributed by atoms with van der Waals surface area (Å²) in [6.45, 7) is 2.41. The largest absolute Gasteiger partial charge is 0.375 e. The van der Waals surface area contributed by atoms with Crippen LogP contribution in [0.3, 0.4) is 0 Å². The highest BCUT2D eigenvalue weighted by Gasteiger charge is 2.53. The molecule has 0 aromatic carbocycles. The van der Waals surface area contributed by atoms with Crippen molar-refractivity contribution in [2.45, 2.75) is 83.3 Å². The van der Waals surface area contributed by atoms with Crippen molar-refractivity contribution in [3.63, 3.8) is 0 Å². The molecule has 0 spiro atoms. The smallest absolute Gasteiger partial charge is 0.0607 e. The molecular formula is C17H28O. The van der Waals surface area contributed by atoms with Crippen molar-refractivity contribution in [2.24, 2.45) is 23.2 Å². The lowest BCUT2D eigenvalue weighted by Gasteiger charge is -2.59. The molecule has 5 aliphatic carbocycles. The first kappa shape index (κ1) is 11.8. The number of hydrogen-bond acceptors (Lipinski definition) is 1. The van der Waals surface area contributed by atoms with E-state index in [1.807, 2.05) is 0 Å². The Labute approximate surface area is 112 Å². The minimum Gasteiger partial charge on any atom is -0.375 e. The molecule has 5 saturated carbocycles. The quantitative estimate of drug-likeness (QED) is 0.712. The Kier molecular flexibility index (Phi) is 2.76. The second-order valence-electron chi connectivity index (χ2n) is 7.96. The molecule has 5 fully saturated rings. The minimum absolute atomic E-state index is 0.536. The fourth-order valence-corrected chi connectivity index (χ4v) is 6.13. The highest BCUT2D eigenvalue weighted by Crippen LogP contribution is 2.61. The van der Waals surface area contributed by atoms with Crippen LogP contribution in [0, 0.1) is 23.2 Å². The Hall–Kier alpha value is -0.0400. The summed E-state index contributed by atoms with van der Waals surface area (Å²) < 4.78 is 6.50. The van der Waals surface area contributed by atoms with E-state index in [-0.39, 0.29) is 0 Å². The second kappa shape index (κ2) is 4.23. The van der Waals surface area contributed by atoms with E-state index in [2.05, 4.69) is 6.92 Å². The summed E-state index contributed by atoms with van der Waals surface area (Å²) in [5.74, 6) is 3.18. The first-order valence-corrected chi connectivity index (χ1v) is 8.39. The van der Waals surface area contributed by atoms with Crippen LogP contribution < -0.4 is 0 Å². The Bertz CT molecular complexity index is 280. The summed E-state index contributed by atoms with van der Waals surface area (Å²) in [5, 5.41) is 0. The van der Waals surface area contributed by atoms with Crippen molar-refractivity contribution >= 4 is 0 Å². The van der Waals surface area contributed by atoms with Gasteiger partial charge in [0.25, 0.3) is 0 Å². The van der Waals surface area contributed by atoms with Gasteiger partial charge in [0.1, 0.15) is 0 Å². The van der Waals surface area contributed by atoms with Crippen LogP contribution in [0.4, 0.5) is 0 Å². The predicted molar refractivity (Wildman–Crippen MR) is 73.4 cm³/mol. The molecule has 0 aromatic rings. The molecular weight excluding hydrogens is 220 g/mol. The lowest BCUT2D eigenvalue weighted by molar-refractivity contribution is -0.152. The van der Waals surface area contributed by atoms with Gasteiger partial charge in [-0.3, -0.25) is 0 Å². The molecule has 102 valence electrons. The van der Waals surface area contributed by atoms with Crippen LogP contribution in [-0.2, 0) is 4.74 Å². The SMILES string of the molecule is CC(OC1CCCC1)C12CC3CC(CC(C3)C1)C2. The normalized spacial score (nSPS) is 48.8. The fraction of sp³-hybridized carbons (Fsp3) is 1.00. The van der Waals surface area contributed by atoms with Crippen molar-refractivity contribution in [3.8, 4) is 0 Å². The molecule has 0 radical (unpaired) electrons. The van der Waals surface area contributed by atoms with E-state index in [4.69, 9.17) is 4.74 Å². The lowest BCUT2D eigenvalue weighted by atomic mass is 9.48. The lowest BCUT2D eigenvalue weighted by Crippen LogP contribution is -2.52. The maximum atomic E-state index is 6.50. The van der Waals surface area contributed by atoms with Crippen LogP contribution in [0.15, 0.2) is 0 Å². The summed E-state index contributed by atoms with van der Waals surface area (Å²) in [6.07, 6.45) is 15.7. The third kappa shape index (κ3) is 1.85. The summed E-state index contributed by atoms with van der Waals surface area (Å²) in [4.78, 5) is 0. The number of hydrogen-bond donors (Lipinski definition) is 0. The van der Waals surface area contributed by atoms with Gasteiger partial charge in [0.05, 0.1) is 12.2 Å². The van der Waals surface area contributed by atoms with Gasteiger partial charge in [-0.05, 0) is 81.5 Å². The molecule has 4 bridgehead atoms. The van der Waals surface area contributed by atoms with Crippen LogP contribution in [0.5, 0.6) is 0 Å². The standard InChI is InChI=1S/C17H28O/c1-12(18-16-4-2-3-5-16)17-9-13-6-14(10-17)8-15(7-13)11-17/h12-16H,2-11H2,1H3. The Morgan fingerprint density at radius 3 is 1.89 bits per heavy atom. The van der Waals surface area contributed by atoms with E-state index in [1.165, 1.54) is 44.9 Å². The molecule has 1 heteroatoms. The van der Waals surface area contributed by atoms with Crippen LogP contribution in [0.1, 0.15) is 71.1 Å². The highest BCUT2D eigenvalue weighted by molar-refractivity contribution is 5.04. The maximum Gasteiger partial charge on any atom is 0.0607 e. The zero-order valence-corrected chi connectivity index (χ0v) is 11.9. The van der Waals surface area contributed by atoms with Crippen molar-refractivity contribution in [2.75, 3.05) is 0 Å². The second-order valence-corrected chi connectivity index (χ2v) is 7.96. The zero-order valence-electron chi connectivity index (χ0n) is 11.9. The summed E-state index contributed by atoms with van der Waals surface area (Å²) in [5.41, 5.74) is 0.595. The monoisotopic (exact) mass is 248 g/mol. The Balaban J connectivity index is 1.48. The average Bonchev–Trinajstić information content (AvgIpc) is 2.79. The summed E-state index contributed by atoms with van der Waals surface area (Å²) in [7, 11) is 0. The van der Waals surface area contributed by atoms with Gasteiger partial charge >= 0.3 is 0 Å². The van der Waals surface area contributed by atoms with Gasteiger partial charge in [-0.25, -0.2) is 0 Å². The first-order chi connectivity index (χ1) is 8.73. The van der Waals surface area contributed by atoms with Crippen LogP contribution in [0.2, 0.25) is 0 Å². The molecule has 5 aliphatic rings. The third-order valence-electron chi connectivity index (χ3n) is 6.65. The van der Waals surface area contributed by atoms with E-state index >= 15 is 0 Å². The average molecular weight is 248 g/mol. The van der Waals surface area contributed by atoms with Gasteiger partial charge in [-0.1, -0.05) is 12.8 Å². The van der Waals surface area contributed by atoms with Crippen molar-refractivity contribution < 1.29 is 4.74 Å². The fourth-order valence-electron chi connectivity index (χ4n) is 6.13. The zero-order chi connectivity index (χ0) is 12.2. The number of ether oxygens (including phenoxy) is 1. The van der Waals surface area contributed by atoms with Crippen molar-refractivity contribution in [3.05, 3.63) is 0 Å². The molecule has 5 rings (SSSR count). The van der Waals surface area contributed by atoms with Gasteiger partial charge in [-0.2, -0.15) is 0 Å². The summed E-state index contributed by atoms with van der Waals surface area (Å²) in [6, 6.07) is 0. The Morgan fingerprint density at radius 1 is 0.889 bits per heavy atom. The van der Waals surface area contributed by atoms with Gasteiger partial charge < -0.3 is 4.74 Å². The maximum absolute atomic E-state index is 6.50. The molecule has 1 nitrogen and oxygen atoms in total. The molecule has 1 atom stereocenters. The van der Waals surface area contributed by atoms with E-state index in [1.54, 1.807) is 19.3 Å². The van der Waals surface area contributed by atoms with E-state index < -0.39 is 0 Å². The number of rotatable bonds is 3. The van der Waals surface area contributed by atoms with Gasteiger partial charge in [0.2, 0.25) is 0 Å². The highest BCUT2D eigenvalue weighted by atomic mass is 16.5. The van der Waals surface area contributed by atoms with E-state index in [9.17, 15) is 0 Å². The molecule has 0 N–H and O–H groups in total. The molecule has 0 saturated heterocycles. The molecule has 0 aliphatic heterocycles. The van der Waals surface area contributed by atoms with Crippen LogP contribution in [-0.4, -0.2) is 12.2 Å². The molecule has 0 heterocycles. The molecule has 18 heavy (non-hydrogen) atoms. The van der Waals surface area contributed by atoms with E-state index in [0.29, 0.717) is 17.6 Å². The third-order valence-corrected chi connectivity index (χ3v) is 6.65. The molecule has 0 amide bonds. The van der Waals surface area contributed by atoms with Crippen LogP contribution in [0.25, 0.3) is 0 Å². The first-order valence-electron chi connectivity index (χ1n) is 8.39. The van der Waals surface area contributed by atoms with Crippen molar-refractivity contribution in [1.29, 1.82) is 0 Å².